The first-order valence-corrected chi connectivity index (χ1v) is 22.2. The number of rotatable bonds is 4. The fourth-order valence-corrected chi connectivity index (χ4v) is 12.1. The second-order valence-corrected chi connectivity index (χ2v) is 18.5. The number of hydrogen-bond donors (Lipinski definition) is 0. The van der Waals surface area contributed by atoms with Crippen molar-refractivity contribution in [2.24, 2.45) is 0 Å². The number of benzene rings is 10. The number of aryl methyl sites for hydroxylation is 8. The normalized spacial score (nSPS) is 12.2. The minimum absolute atomic E-state index is 1.25. The van der Waals surface area contributed by atoms with Crippen LogP contribution >= 0.6 is 0 Å². The molecule has 0 N–H and O–H groups in total. The molecule has 0 atom stereocenters. The van der Waals surface area contributed by atoms with E-state index in [1.807, 2.05) is 0 Å². The Kier molecular flexibility index (Phi) is 7.86. The van der Waals surface area contributed by atoms with Gasteiger partial charge in [-0.1, -0.05) is 145 Å². The Morgan fingerprint density at radius 1 is 0.226 bits per heavy atom. The SMILES string of the molecule is Cc1cc(C)c(-c2ccc3c(c2)c2cc(C)cc4c5c(-c6ccccc6)c6c7cc(C)cc8c(-c9c(C)cc(C)cc9C)ccc(c6c(-c6ccccc6)c5cc3c24)c87)c(C)c1. The molecule has 0 heterocycles. The van der Waals surface area contributed by atoms with E-state index in [1.165, 1.54) is 164 Å². The van der Waals surface area contributed by atoms with Gasteiger partial charge in [-0.2, -0.15) is 0 Å². The van der Waals surface area contributed by atoms with Gasteiger partial charge in [0.2, 0.25) is 0 Å². The zero-order valence-corrected chi connectivity index (χ0v) is 36.9. The molecule has 0 nitrogen and oxygen atoms in total. The van der Waals surface area contributed by atoms with Crippen LogP contribution in [0.1, 0.15) is 44.5 Å². The van der Waals surface area contributed by atoms with Crippen LogP contribution in [-0.4, -0.2) is 0 Å². The topological polar surface area (TPSA) is 0 Å². The predicted octanol–water partition coefficient (Wildman–Crippen LogP) is 17.8. The van der Waals surface area contributed by atoms with Crippen LogP contribution in [-0.2, 0) is 0 Å². The lowest BCUT2D eigenvalue weighted by Gasteiger charge is -2.19. The van der Waals surface area contributed by atoms with Gasteiger partial charge in [-0.05, 0) is 221 Å². The third-order valence-electron chi connectivity index (χ3n) is 14.1. The summed E-state index contributed by atoms with van der Waals surface area (Å²) in [5.41, 5.74) is 20.9. The van der Waals surface area contributed by atoms with Crippen LogP contribution in [0, 0.1) is 55.4 Å². The molecule has 0 aliphatic carbocycles. The van der Waals surface area contributed by atoms with E-state index in [1.54, 1.807) is 0 Å². The molecule has 0 unspecified atom stereocenters. The van der Waals surface area contributed by atoms with Crippen LogP contribution in [0.4, 0.5) is 0 Å². The maximum absolute atomic E-state index is 2.57. The summed E-state index contributed by atoms with van der Waals surface area (Å²) in [5.74, 6) is 0. The van der Waals surface area contributed by atoms with E-state index in [2.05, 4.69) is 201 Å². The first kappa shape index (κ1) is 36.8. The summed E-state index contributed by atoms with van der Waals surface area (Å²) in [5, 5.41) is 18.7. The minimum Gasteiger partial charge on any atom is -0.0622 e. The number of fused-ring (bicyclic) bond motifs is 8. The first-order valence-electron chi connectivity index (χ1n) is 22.2. The third-order valence-corrected chi connectivity index (χ3v) is 14.1. The van der Waals surface area contributed by atoms with Crippen molar-refractivity contribution in [1.29, 1.82) is 0 Å². The van der Waals surface area contributed by atoms with Gasteiger partial charge in [-0.25, -0.2) is 0 Å². The Morgan fingerprint density at radius 2 is 0.694 bits per heavy atom. The molecule has 0 bridgehead atoms. The molecule has 0 saturated carbocycles. The van der Waals surface area contributed by atoms with E-state index in [0.717, 1.165) is 0 Å². The Morgan fingerprint density at radius 3 is 1.32 bits per heavy atom. The van der Waals surface area contributed by atoms with Crippen LogP contribution in [0.3, 0.4) is 0 Å². The Bertz CT molecular complexity index is 3800. The van der Waals surface area contributed by atoms with Gasteiger partial charge in [0, 0.05) is 0 Å². The predicted molar refractivity (Wildman–Crippen MR) is 271 cm³/mol. The molecular formula is C62H48. The van der Waals surface area contributed by atoms with E-state index < -0.39 is 0 Å². The number of hydrogen-bond acceptors (Lipinski definition) is 0. The van der Waals surface area contributed by atoms with Crippen molar-refractivity contribution in [3.05, 3.63) is 190 Å². The van der Waals surface area contributed by atoms with Gasteiger partial charge in [-0.15, -0.1) is 0 Å². The highest BCUT2D eigenvalue weighted by atomic mass is 14.3. The van der Waals surface area contributed by atoms with E-state index in [9.17, 15) is 0 Å². The van der Waals surface area contributed by atoms with E-state index in [4.69, 9.17) is 0 Å². The lowest BCUT2D eigenvalue weighted by Crippen LogP contribution is -1.92. The highest BCUT2D eigenvalue weighted by molar-refractivity contribution is 6.45. The van der Waals surface area contributed by atoms with Gasteiger partial charge in [0.25, 0.3) is 0 Å². The van der Waals surface area contributed by atoms with Gasteiger partial charge in [0.05, 0.1) is 0 Å². The van der Waals surface area contributed by atoms with Crippen LogP contribution in [0.15, 0.2) is 146 Å². The average molecular weight is 793 g/mol. The van der Waals surface area contributed by atoms with Crippen molar-refractivity contribution in [3.8, 4) is 44.5 Å². The van der Waals surface area contributed by atoms with Crippen LogP contribution in [0.25, 0.3) is 120 Å². The molecule has 0 aliphatic rings. The molecule has 0 aromatic heterocycles. The van der Waals surface area contributed by atoms with Crippen LogP contribution in [0.2, 0.25) is 0 Å². The molecule has 12 rings (SSSR count). The van der Waals surface area contributed by atoms with Crippen LogP contribution in [0.5, 0.6) is 0 Å². The summed E-state index contributed by atoms with van der Waals surface area (Å²) >= 11 is 0. The Hall–Kier alpha value is -7.02. The van der Waals surface area contributed by atoms with Crippen molar-refractivity contribution in [2.75, 3.05) is 0 Å². The molecule has 0 saturated heterocycles. The molecule has 0 radical (unpaired) electrons. The zero-order valence-electron chi connectivity index (χ0n) is 36.9. The van der Waals surface area contributed by atoms with Gasteiger partial charge < -0.3 is 0 Å². The summed E-state index contributed by atoms with van der Waals surface area (Å²) in [6, 6.07) is 56.3. The summed E-state index contributed by atoms with van der Waals surface area (Å²) in [6.07, 6.45) is 0. The molecule has 0 heteroatoms. The van der Waals surface area contributed by atoms with Crippen LogP contribution < -0.4 is 0 Å². The Balaban J connectivity index is 1.32. The lowest BCUT2D eigenvalue weighted by molar-refractivity contribution is 1.32. The molecule has 0 spiro atoms. The lowest BCUT2D eigenvalue weighted by atomic mass is 9.83. The van der Waals surface area contributed by atoms with Gasteiger partial charge in [0.1, 0.15) is 0 Å². The Labute approximate surface area is 363 Å². The zero-order chi connectivity index (χ0) is 42.3. The molecular weight excluding hydrogens is 745 g/mol. The summed E-state index contributed by atoms with van der Waals surface area (Å²) in [6.45, 7) is 18.1. The smallest absolute Gasteiger partial charge is 0.000709 e. The maximum atomic E-state index is 2.57. The van der Waals surface area contributed by atoms with Crippen molar-refractivity contribution in [1.82, 2.24) is 0 Å². The minimum atomic E-state index is 1.25. The monoisotopic (exact) mass is 792 g/mol. The van der Waals surface area contributed by atoms with Crippen molar-refractivity contribution in [2.45, 2.75) is 55.4 Å². The molecule has 0 amide bonds. The maximum Gasteiger partial charge on any atom is -0.000709 e. The summed E-state index contributed by atoms with van der Waals surface area (Å²) in [7, 11) is 0. The largest absolute Gasteiger partial charge is 0.0622 e. The van der Waals surface area contributed by atoms with E-state index in [-0.39, 0.29) is 0 Å². The molecule has 0 fully saturated rings. The molecule has 12 aromatic carbocycles. The van der Waals surface area contributed by atoms with Crippen molar-refractivity contribution in [3.63, 3.8) is 0 Å². The molecule has 296 valence electrons. The van der Waals surface area contributed by atoms with Gasteiger partial charge >= 0.3 is 0 Å². The molecule has 12 aromatic rings. The quantitative estimate of drug-likeness (QED) is 0.156. The summed E-state index contributed by atoms with van der Waals surface area (Å²) in [4.78, 5) is 0. The highest BCUT2D eigenvalue weighted by Crippen LogP contribution is 2.56. The highest BCUT2D eigenvalue weighted by Gasteiger charge is 2.28. The fraction of sp³-hybridized carbons (Fsp3) is 0.129. The first-order chi connectivity index (χ1) is 30.0. The van der Waals surface area contributed by atoms with Gasteiger partial charge in [-0.3, -0.25) is 0 Å². The van der Waals surface area contributed by atoms with Crippen molar-refractivity contribution < 1.29 is 0 Å². The second kappa shape index (κ2) is 13.2. The van der Waals surface area contributed by atoms with Crippen molar-refractivity contribution >= 4 is 75.4 Å². The van der Waals surface area contributed by atoms with Gasteiger partial charge in [0.15, 0.2) is 0 Å². The fourth-order valence-electron chi connectivity index (χ4n) is 12.1. The molecule has 62 heavy (non-hydrogen) atoms. The second-order valence-electron chi connectivity index (χ2n) is 18.5. The average Bonchev–Trinajstić information content (AvgIpc) is 3.73. The third kappa shape index (κ3) is 5.13. The van der Waals surface area contributed by atoms with E-state index >= 15 is 0 Å². The summed E-state index contributed by atoms with van der Waals surface area (Å²) < 4.78 is 0. The standard InChI is InChI=1S/C62H48/c1-33-23-37(5)54(38(6)24-33)43-19-20-44-47(31-43)49-28-36(4)29-51-59(49)50(44)32-53-56(41-15-11-9-12-16-41)61-46-22-21-45(55-39(7)25-34(2)26-40(55)8)48-27-35(3)30-52(58(46)48)62(61)57(60(51)53)42-17-13-10-14-18-42/h9-32H,1-8H3. The van der Waals surface area contributed by atoms with E-state index in [0.29, 0.717) is 0 Å². The molecule has 0 aliphatic heterocycles.